The summed E-state index contributed by atoms with van der Waals surface area (Å²) < 4.78 is 20.6. The number of ether oxygens (including phenoxy) is 1. The molecule has 2 saturated heterocycles. The number of nitrogens with zero attached hydrogens (tertiary/aromatic N) is 3. The number of phenolic OH excluding ortho intramolecular Hbond substituents is 1. The Labute approximate surface area is 214 Å². The van der Waals surface area contributed by atoms with E-state index in [4.69, 9.17) is 9.72 Å². The third-order valence-electron chi connectivity index (χ3n) is 7.38. The number of nitrogens with one attached hydrogen (secondary N) is 1. The number of morpholine rings is 1. The van der Waals surface area contributed by atoms with Crippen LogP contribution in [0.5, 0.6) is 5.75 Å². The van der Waals surface area contributed by atoms with Crippen LogP contribution in [0.2, 0.25) is 0 Å². The second-order valence-corrected chi connectivity index (χ2v) is 9.79. The first kappa shape index (κ1) is 23.4. The molecule has 2 fully saturated rings. The summed E-state index contributed by atoms with van der Waals surface area (Å²) in [5.74, 6) is -0.329. The van der Waals surface area contributed by atoms with Crippen LogP contribution in [0.15, 0.2) is 60.8 Å². The molecule has 6 rings (SSSR count). The molecule has 0 radical (unpaired) electrons. The van der Waals surface area contributed by atoms with Crippen molar-refractivity contribution >= 4 is 16.6 Å². The molecule has 0 amide bonds. The smallest absolute Gasteiger partial charge is 0.141 e. The van der Waals surface area contributed by atoms with Gasteiger partial charge in [0.25, 0.3) is 0 Å². The summed E-state index contributed by atoms with van der Waals surface area (Å²) in [6, 6.07) is 18.4. The molecule has 2 aliphatic rings. The maximum Gasteiger partial charge on any atom is 0.141 e. The van der Waals surface area contributed by atoms with Gasteiger partial charge in [0.05, 0.1) is 29.5 Å². The summed E-state index contributed by atoms with van der Waals surface area (Å²) in [4.78, 5) is 7.06. The van der Waals surface area contributed by atoms with Gasteiger partial charge in [0.2, 0.25) is 0 Å². The first-order valence-corrected chi connectivity index (χ1v) is 12.5. The molecule has 0 aliphatic carbocycles. The van der Waals surface area contributed by atoms with Crippen LogP contribution in [-0.2, 0) is 4.74 Å². The van der Waals surface area contributed by atoms with E-state index in [9.17, 15) is 14.8 Å². The molecule has 3 heterocycles. The van der Waals surface area contributed by atoms with Gasteiger partial charge in [-0.15, -0.1) is 0 Å². The second kappa shape index (κ2) is 9.47. The zero-order valence-electron chi connectivity index (χ0n) is 20.5. The lowest BCUT2D eigenvalue weighted by atomic mass is 9.94. The van der Waals surface area contributed by atoms with E-state index in [0.29, 0.717) is 24.8 Å². The highest BCUT2D eigenvalue weighted by molar-refractivity contribution is 6.02. The van der Waals surface area contributed by atoms with E-state index in [1.54, 1.807) is 24.3 Å². The highest BCUT2D eigenvalue weighted by atomic mass is 19.1. The number of anilines is 1. The molecule has 37 heavy (non-hydrogen) atoms. The van der Waals surface area contributed by atoms with Crippen molar-refractivity contribution in [2.75, 3.05) is 31.1 Å². The fourth-order valence-electron chi connectivity index (χ4n) is 5.63. The van der Waals surface area contributed by atoms with E-state index >= 15 is 0 Å². The van der Waals surface area contributed by atoms with Crippen molar-refractivity contribution in [3.05, 3.63) is 77.7 Å². The van der Waals surface area contributed by atoms with Gasteiger partial charge >= 0.3 is 0 Å². The van der Waals surface area contributed by atoms with Gasteiger partial charge in [-0.05, 0) is 60.4 Å². The molecule has 3 aromatic carbocycles. The SMILES string of the molecule is Cc1cc(F)cc(-c2cnc3ccc(-c4cccc(C#N)c4O)cc3c2N2CC[C@H]3NCCO[C@@H]3C2)c1. The molecule has 0 saturated carbocycles. The van der Waals surface area contributed by atoms with Crippen molar-refractivity contribution in [2.45, 2.75) is 25.5 Å². The standard InChI is InChI=1S/C30H27FN4O2/c1-18-11-21(13-22(31)12-18)25-16-34-26-6-5-19(23-4-2-3-20(15-32)30(23)36)14-24(26)29(25)35-9-7-27-28(17-35)37-10-8-33-27/h2-6,11-14,16,27-28,33,36H,7-10,17H2,1H3/t27-,28-/m1/s1. The highest BCUT2D eigenvalue weighted by Crippen LogP contribution is 2.41. The van der Waals surface area contributed by atoms with Crippen LogP contribution in [0.4, 0.5) is 10.1 Å². The Morgan fingerprint density at radius 2 is 2.03 bits per heavy atom. The highest BCUT2D eigenvalue weighted by Gasteiger charge is 2.33. The molecule has 2 aliphatic heterocycles. The molecular weight excluding hydrogens is 467 g/mol. The second-order valence-electron chi connectivity index (χ2n) is 9.79. The number of aryl methyl sites for hydroxylation is 1. The topological polar surface area (TPSA) is 81.4 Å². The first-order chi connectivity index (χ1) is 18.0. The van der Waals surface area contributed by atoms with Crippen LogP contribution in [0.1, 0.15) is 17.5 Å². The van der Waals surface area contributed by atoms with Crippen LogP contribution < -0.4 is 10.2 Å². The van der Waals surface area contributed by atoms with E-state index in [-0.39, 0.29) is 23.2 Å². The summed E-state index contributed by atoms with van der Waals surface area (Å²) in [6.45, 7) is 4.95. The molecule has 0 bridgehead atoms. The van der Waals surface area contributed by atoms with Crippen molar-refractivity contribution < 1.29 is 14.2 Å². The average Bonchev–Trinajstić information content (AvgIpc) is 2.91. The number of para-hydroxylation sites is 1. The van der Waals surface area contributed by atoms with Crippen molar-refractivity contribution in [3.63, 3.8) is 0 Å². The molecule has 6 nitrogen and oxygen atoms in total. The predicted octanol–water partition coefficient (Wildman–Crippen LogP) is 5.16. The van der Waals surface area contributed by atoms with E-state index in [2.05, 4.69) is 10.2 Å². The van der Waals surface area contributed by atoms with Gasteiger partial charge in [0.1, 0.15) is 17.6 Å². The minimum Gasteiger partial charge on any atom is -0.506 e. The zero-order valence-corrected chi connectivity index (χ0v) is 20.5. The van der Waals surface area contributed by atoms with Crippen LogP contribution in [0, 0.1) is 24.1 Å². The lowest BCUT2D eigenvalue weighted by molar-refractivity contribution is -0.00896. The van der Waals surface area contributed by atoms with Crippen molar-refractivity contribution in [1.29, 1.82) is 5.26 Å². The number of aromatic nitrogens is 1. The largest absolute Gasteiger partial charge is 0.506 e. The molecule has 0 unspecified atom stereocenters. The Bertz CT molecular complexity index is 1530. The van der Waals surface area contributed by atoms with Gasteiger partial charge in [-0.1, -0.05) is 24.3 Å². The van der Waals surface area contributed by atoms with Crippen LogP contribution in [0.25, 0.3) is 33.2 Å². The third kappa shape index (κ3) is 4.29. The van der Waals surface area contributed by atoms with E-state index in [1.165, 1.54) is 6.07 Å². The van der Waals surface area contributed by atoms with Gasteiger partial charge < -0.3 is 20.1 Å². The number of fused-ring (bicyclic) bond motifs is 2. The summed E-state index contributed by atoms with van der Waals surface area (Å²) in [7, 11) is 0. The van der Waals surface area contributed by atoms with E-state index < -0.39 is 0 Å². The Morgan fingerprint density at radius 1 is 1.14 bits per heavy atom. The van der Waals surface area contributed by atoms with Crippen molar-refractivity contribution in [3.8, 4) is 34.1 Å². The number of aromatic hydroxyl groups is 1. The molecule has 7 heteroatoms. The summed E-state index contributed by atoms with van der Waals surface area (Å²) in [5, 5.41) is 24.6. The fraction of sp³-hybridized carbons (Fsp3) is 0.267. The lowest BCUT2D eigenvalue weighted by Gasteiger charge is -2.43. The van der Waals surface area contributed by atoms with Crippen LogP contribution in [-0.4, -0.2) is 48.5 Å². The van der Waals surface area contributed by atoms with E-state index in [1.807, 2.05) is 43.5 Å². The van der Waals surface area contributed by atoms with E-state index in [0.717, 1.165) is 58.4 Å². The minimum atomic E-state index is -0.286. The first-order valence-electron chi connectivity index (χ1n) is 12.5. The van der Waals surface area contributed by atoms with Gasteiger partial charge in [-0.25, -0.2) is 4.39 Å². The Balaban J connectivity index is 1.56. The van der Waals surface area contributed by atoms with Gasteiger partial charge in [0, 0.05) is 48.4 Å². The normalized spacial score (nSPS) is 19.4. The Morgan fingerprint density at radius 3 is 2.86 bits per heavy atom. The average molecular weight is 495 g/mol. The summed E-state index contributed by atoms with van der Waals surface area (Å²) in [5.41, 5.74) is 5.82. The number of piperidine rings is 1. The van der Waals surface area contributed by atoms with Gasteiger partial charge in [-0.3, -0.25) is 4.98 Å². The number of benzene rings is 3. The van der Waals surface area contributed by atoms with Crippen molar-refractivity contribution in [1.82, 2.24) is 10.3 Å². The van der Waals surface area contributed by atoms with Gasteiger partial charge in [0.15, 0.2) is 0 Å². The summed E-state index contributed by atoms with van der Waals surface area (Å²) in [6.07, 6.45) is 2.82. The third-order valence-corrected chi connectivity index (χ3v) is 7.38. The maximum atomic E-state index is 14.5. The lowest BCUT2D eigenvalue weighted by Crippen LogP contribution is -2.57. The minimum absolute atomic E-state index is 0.0433. The van der Waals surface area contributed by atoms with Crippen molar-refractivity contribution in [2.24, 2.45) is 0 Å². The summed E-state index contributed by atoms with van der Waals surface area (Å²) >= 11 is 0. The molecule has 0 spiro atoms. The zero-order chi connectivity index (χ0) is 25.5. The number of hydrogen-bond donors (Lipinski definition) is 2. The molecule has 1 aromatic heterocycles. The Kier molecular flexibility index (Phi) is 5.99. The molecule has 4 aromatic rings. The number of nitriles is 1. The molecule has 186 valence electrons. The fourth-order valence-corrected chi connectivity index (χ4v) is 5.63. The number of phenols is 1. The molecular formula is C30H27FN4O2. The number of pyridine rings is 1. The maximum absolute atomic E-state index is 14.5. The van der Waals surface area contributed by atoms with Crippen LogP contribution >= 0.6 is 0 Å². The molecule has 2 atom stereocenters. The Hall–Kier alpha value is -3.99. The van der Waals surface area contributed by atoms with Gasteiger partial charge in [-0.2, -0.15) is 5.26 Å². The molecule has 2 N–H and O–H groups in total. The predicted molar refractivity (Wildman–Crippen MR) is 142 cm³/mol. The van der Waals surface area contributed by atoms with Crippen LogP contribution in [0.3, 0.4) is 0 Å². The number of halogens is 1. The number of hydrogen-bond acceptors (Lipinski definition) is 6. The monoisotopic (exact) mass is 494 g/mol. The number of rotatable bonds is 3. The quantitative estimate of drug-likeness (QED) is 0.410.